The molecule has 0 N–H and O–H groups in total. The number of aliphatic imine (C=N–C) groups is 1. The minimum Gasteiger partial charge on any atom is -0.494 e. The molecule has 0 aromatic heterocycles. The average molecular weight is 589 g/mol. The van der Waals surface area contributed by atoms with Gasteiger partial charge in [-0.05, 0) is 91.5 Å². The Kier molecular flexibility index (Phi) is 10.8. The number of ether oxygens (including phenoxy) is 4. The van der Waals surface area contributed by atoms with Crippen molar-refractivity contribution in [3.63, 3.8) is 0 Å². The van der Waals surface area contributed by atoms with Crippen molar-refractivity contribution in [2.75, 3.05) is 45.9 Å². The molecule has 12 heteroatoms. The van der Waals surface area contributed by atoms with E-state index in [2.05, 4.69) is 4.99 Å². The number of carbonyl (C=O) groups is 4. The molecule has 0 fully saturated rings. The molecule has 0 radical (unpaired) electrons. The Morgan fingerprint density at radius 2 is 1.74 bits per heavy atom. The van der Waals surface area contributed by atoms with Gasteiger partial charge in [-0.15, -0.1) is 0 Å². The molecule has 2 aliphatic heterocycles. The number of benzene rings is 1. The molecule has 42 heavy (non-hydrogen) atoms. The second-order valence-electron chi connectivity index (χ2n) is 12.1. The monoisotopic (exact) mass is 588 g/mol. The van der Waals surface area contributed by atoms with Crippen molar-refractivity contribution in [2.24, 2.45) is 4.99 Å². The highest BCUT2D eigenvalue weighted by Crippen LogP contribution is 2.24. The second kappa shape index (κ2) is 13.9. The first-order valence-electron chi connectivity index (χ1n) is 14.4. The Bertz CT molecular complexity index is 1180. The number of fused-ring (bicyclic) bond motifs is 1. The summed E-state index contributed by atoms with van der Waals surface area (Å²) in [5.41, 5.74) is -0.0724. The summed E-state index contributed by atoms with van der Waals surface area (Å²) in [4.78, 5) is 59.6. The number of amides is 3. The Morgan fingerprint density at radius 3 is 2.40 bits per heavy atom. The minimum absolute atomic E-state index is 0.0742. The maximum absolute atomic E-state index is 13.2. The molecular weight excluding hydrogens is 544 g/mol. The van der Waals surface area contributed by atoms with Crippen molar-refractivity contribution < 1.29 is 38.1 Å². The van der Waals surface area contributed by atoms with Crippen LogP contribution < -0.4 is 4.74 Å². The van der Waals surface area contributed by atoms with Crippen LogP contribution in [0.5, 0.6) is 5.75 Å². The number of guanidine groups is 1. The van der Waals surface area contributed by atoms with E-state index in [-0.39, 0.29) is 38.2 Å². The maximum atomic E-state index is 13.2. The summed E-state index contributed by atoms with van der Waals surface area (Å²) >= 11 is 0. The molecule has 2 heterocycles. The molecule has 1 aromatic rings. The van der Waals surface area contributed by atoms with Crippen molar-refractivity contribution in [1.29, 1.82) is 0 Å². The normalized spacial score (nSPS) is 15.4. The SMILES string of the molecule is CCOC(=O)CN1CCc2cc(OCCCN(C(=O)OC(C)(C)C)C3=NCCCN3C(=O)OC(C)(C)C)ccc2C1=O. The number of rotatable bonds is 8. The van der Waals surface area contributed by atoms with Gasteiger partial charge in [0, 0.05) is 31.7 Å². The third kappa shape index (κ3) is 9.35. The highest BCUT2D eigenvalue weighted by Gasteiger charge is 2.35. The molecule has 0 aliphatic carbocycles. The molecule has 3 rings (SSSR count). The number of hydrogen-bond acceptors (Lipinski definition) is 9. The number of carbonyl (C=O) groups excluding carboxylic acids is 4. The van der Waals surface area contributed by atoms with Crippen LogP contribution in [0.3, 0.4) is 0 Å². The lowest BCUT2D eigenvalue weighted by Gasteiger charge is -2.35. The summed E-state index contributed by atoms with van der Waals surface area (Å²) in [5, 5.41) is 0. The quantitative estimate of drug-likeness (QED) is 0.251. The first kappa shape index (κ1) is 32.7. The zero-order valence-corrected chi connectivity index (χ0v) is 25.9. The molecule has 0 unspecified atom stereocenters. The van der Waals surface area contributed by atoms with E-state index in [1.54, 1.807) is 60.6 Å². The lowest BCUT2D eigenvalue weighted by molar-refractivity contribution is -0.143. The standard InChI is InChI=1S/C30H44N4O8/c1-8-39-24(35)20-32-17-13-21-19-22(11-12-23(21)25(32)36)40-18-10-16-34(28(38)42-30(5,6)7)26-31-14-9-15-33(26)27(37)41-29(2,3)4/h11-12,19H,8-10,13-18,20H2,1-7H3. The molecule has 12 nitrogen and oxygen atoms in total. The number of nitrogens with zero attached hydrogens (tertiary/aromatic N) is 4. The van der Waals surface area contributed by atoms with Gasteiger partial charge in [0.15, 0.2) is 0 Å². The van der Waals surface area contributed by atoms with Gasteiger partial charge in [0.05, 0.1) is 13.2 Å². The van der Waals surface area contributed by atoms with Crippen LogP contribution in [-0.2, 0) is 25.4 Å². The van der Waals surface area contributed by atoms with E-state index < -0.39 is 29.4 Å². The molecule has 232 valence electrons. The highest BCUT2D eigenvalue weighted by molar-refractivity contribution is 6.02. The van der Waals surface area contributed by atoms with Crippen LogP contribution >= 0.6 is 0 Å². The van der Waals surface area contributed by atoms with Gasteiger partial charge in [-0.25, -0.2) is 19.4 Å². The largest absolute Gasteiger partial charge is 0.494 e. The van der Waals surface area contributed by atoms with Crippen LogP contribution in [0, 0.1) is 0 Å². The fourth-order valence-electron chi connectivity index (χ4n) is 4.43. The Labute approximate surface area is 247 Å². The van der Waals surface area contributed by atoms with Crippen LogP contribution in [0.15, 0.2) is 23.2 Å². The van der Waals surface area contributed by atoms with Crippen LogP contribution in [0.25, 0.3) is 0 Å². The summed E-state index contributed by atoms with van der Waals surface area (Å²) in [7, 11) is 0. The lowest BCUT2D eigenvalue weighted by atomic mass is 9.98. The third-order valence-electron chi connectivity index (χ3n) is 6.17. The van der Waals surface area contributed by atoms with Crippen LogP contribution in [0.4, 0.5) is 9.59 Å². The van der Waals surface area contributed by atoms with Gasteiger partial charge in [-0.3, -0.25) is 14.6 Å². The average Bonchev–Trinajstić information content (AvgIpc) is 2.88. The smallest absolute Gasteiger partial charge is 0.417 e. The third-order valence-corrected chi connectivity index (χ3v) is 6.17. The molecule has 0 saturated heterocycles. The van der Waals surface area contributed by atoms with Gasteiger partial charge in [0.25, 0.3) is 5.91 Å². The Hall–Kier alpha value is -3.83. The van der Waals surface area contributed by atoms with Gasteiger partial charge in [0.2, 0.25) is 5.96 Å². The summed E-state index contributed by atoms with van der Waals surface area (Å²) < 4.78 is 22.1. The van der Waals surface area contributed by atoms with E-state index in [4.69, 9.17) is 18.9 Å². The molecule has 0 spiro atoms. The van der Waals surface area contributed by atoms with Crippen molar-refractivity contribution >= 4 is 30.0 Å². The fourth-order valence-corrected chi connectivity index (χ4v) is 4.43. The molecular formula is C30H44N4O8. The summed E-state index contributed by atoms with van der Waals surface area (Å²) in [6.45, 7) is 14.3. The van der Waals surface area contributed by atoms with E-state index in [9.17, 15) is 19.2 Å². The highest BCUT2D eigenvalue weighted by atomic mass is 16.6. The Morgan fingerprint density at radius 1 is 1.02 bits per heavy atom. The summed E-state index contributed by atoms with van der Waals surface area (Å²) in [6.07, 6.45) is 0.468. The molecule has 1 aromatic carbocycles. The van der Waals surface area contributed by atoms with E-state index >= 15 is 0 Å². The van der Waals surface area contributed by atoms with E-state index in [0.717, 1.165) is 5.56 Å². The molecule has 0 saturated carbocycles. The van der Waals surface area contributed by atoms with Crippen molar-refractivity contribution in [1.82, 2.24) is 14.7 Å². The van der Waals surface area contributed by atoms with E-state index in [1.165, 1.54) is 14.7 Å². The van der Waals surface area contributed by atoms with Gasteiger partial charge in [-0.2, -0.15) is 0 Å². The predicted molar refractivity (Wildman–Crippen MR) is 156 cm³/mol. The van der Waals surface area contributed by atoms with Crippen LogP contribution in [0.2, 0.25) is 0 Å². The predicted octanol–water partition coefficient (Wildman–Crippen LogP) is 4.25. The van der Waals surface area contributed by atoms with Crippen molar-refractivity contribution in [2.45, 2.75) is 78.9 Å². The summed E-state index contributed by atoms with van der Waals surface area (Å²) in [5.74, 6) is 0.147. The summed E-state index contributed by atoms with van der Waals surface area (Å²) in [6, 6.07) is 5.24. The molecule has 0 atom stereocenters. The number of hydrogen-bond donors (Lipinski definition) is 0. The van der Waals surface area contributed by atoms with Crippen LogP contribution in [0.1, 0.15) is 77.2 Å². The topological polar surface area (TPSA) is 127 Å². The first-order valence-corrected chi connectivity index (χ1v) is 14.4. The van der Waals surface area contributed by atoms with Crippen LogP contribution in [-0.4, -0.2) is 102 Å². The Balaban J connectivity index is 1.66. The van der Waals surface area contributed by atoms with Gasteiger partial charge >= 0.3 is 18.2 Å². The van der Waals surface area contributed by atoms with Crippen molar-refractivity contribution in [3.05, 3.63) is 29.3 Å². The first-order chi connectivity index (χ1) is 19.7. The molecule has 3 amide bonds. The van der Waals surface area contributed by atoms with Gasteiger partial charge in [0.1, 0.15) is 23.5 Å². The second-order valence-corrected chi connectivity index (χ2v) is 12.1. The maximum Gasteiger partial charge on any atom is 0.417 e. The number of esters is 1. The zero-order chi connectivity index (χ0) is 31.1. The zero-order valence-electron chi connectivity index (χ0n) is 25.9. The van der Waals surface area contributed by atoms with Gasteiger partial charge < -0.3 is 23.8 Å². The lowest BCUT2D eigenvalue weighted by Crippen LogP contribution is -2.54. The van der Waals surface area contributed by atoms with E-state index in [1.807, 2.05) is 6.07 Å². The molecule has 2 aliphatic rings. The van der Waals surface area contributed by atoms with Crippen molar-refractivity contribution in [3.8, 4) is 5.75 Å². The molecule has 0 bridgehead atoms. The van der Waals surface area contributed by atoms with E-state index in [0.29, 0.717) is 50.2 Å². The fraction of sp³-hybridized carbons (Fsp3) is 0.633. The van der Waals surface area contributed by atoms with Gasteiger partial charge in [-0.1, -0.05) is 0 Å². The minimum atomic E-state index is -0.746.